The number of thiazole rings is 1. The average Bonchev–Trinajstić information content (AvgIpc) is 2.79. The van der Waals surface area contributed by atoms with Crippen molar-refractivity contribution in [2.75, 3.05) is 6.61 Å². The van der Waals surface area contributed by atoms with Crippen LogP contribution in [0.4, 0.5) is 5.69 Å². The summed E-state index contributed by atoms with van der Waals surface area (Å²) in [6.45, 7) is 9.20. The van der Waals surface area contributed by atoms with Gasteiger partial charge in [-0.25, -0.2) is 4.99 Å². The summed E-state index contributed by atoms with van der Waals surface area (Å²) >= 11 is 1.46. The van der Waals surface area contributed by atoms with Crippen LogP contribution in [0.5, 0.6) is 5.75 Å². The Bertz CT molecular complexity index is 711. The molecule has 1 heterocycles. The molecule has 0 aliphatic carbocycles. The molecule has 0 saturated heterocycles. The SMILES string of the molecule is CCCn1c(C)c(C(C)=O)s/c1=N/c1ccc(OCC)cc1. The van der Waals surface area contributed by atoms with E-state index in [1.54, 1.807) is 6.92 Å². The lowest BCUT2D eigenvalue weighted by molar-refractivity contribution is 0.102. The Morgan fingerprint density at radius 2 is 1.95 bits per heavy atom. The van der Waals surface area contributed by atoms with E-state index in [0.29, 0.717) is 6.61 Å². The van der Waals surface area contributed by atoms with Crippen LogP contribution in [0.15, 0.2) is 29.3 Å². The van der Waals surface area contributed by atoms with Crippen molar-refractivity contribution in [2.24, 2.45) is 4.99 Å². The third-order valence-corrected chi connectivity index (χ3v) is 4.58. The number of rotatable bonds is 6. The largest absolute Gasteiger partial charge is 0.494 e. The van der Waals surface area contributed by atoms with Crippen LogP contribution in [-0.4, -0.2) is 17.0 Å². The van der Waals surface area contributed by atoms with Crippen molar-refractivity contribution in [2.45, 2.75) is 40.7 Å². The van der Waals surface area contributed by atoms with Crippen molar-refractivity contribution in [3.05, 3.63) is 39.6 Å². The minimum Gasteiger partial charge on any atom is -0.494 e. The van der Waals surface area contributed by atoms with Crippen LogP contribution in [0.25, 0.3) is 0 Å². The highest BCUT2D eigenvalue weighted by Crippen LogP contribution is 2.19. The molecule has 0 atom stereocenters. The zero-order valence-electron chi connectivity index (χ0n) is 13.5. The maximum Gasteiger partial charge on any atom is 0.190 e. The van der Waals surface area contributed by atoms with Gasteiger partial charge in [-0.1, -0.05) is 18.3 Å². The number of benzene rings is 1. The molecule has 1 aromatic carbocycles. The third-order valence-electron chi connectivity index (χ3n) is 3.30. The number of hydrogen-bond donors (Lipinski definition) is 0. The summed E-state index contributed by atoms with van der Waals surface area (Å²) in [5, 5.41) is 0. The first-order valence-corrected chi connectivity index (χ1v) is 8.37. The number of ether oxygens (including phenoxy) is 1. The third kappa shape index (κ3) is 3.65. The molecule has 2 aromatic rings. The molecule has 118 valence electrons. The fraction of sp³-hybridized carbons (Fsp3) is 0.412. The molecule has 0 spiro atoms. The van der Waals surface area contributed by atoms with Gasteiger partial charge in [-0.05, 0) is 44.5 Å². The maximum absolute atomic E-state index is 11.7. The van der Waals surface area contributed by atoms with Gasteiger partial charge in [-0.2, -0.15) is 0 Å². The van der Waals surface area contributed by atoms with E-state index in [1.807, 2.05) is 38.1 Å². The van der Waals surface area contributed by atoms with Gasteiger partial charge in [-0.15, -0.1) is 0 Å². The predicted octanol–water partition coefficient (Wildman–Crippen LogP) is 4.10. The average molecular weight is 318 g/mol. The lowest BCUT2D eigenvalue weighted by Gasteiger charge is -2.04. The van der Waals surface area contributed by atoms with E-state index in [2.05, 4.69) is 11.5 Å². The molecule has 5 heteroatoms. The van der Waals surface area contributed by atoms with E-state index in [-0.39, 0.29) is 5.78 Å². The van der Waals surface area contributed by atoms with Gasteiger partial charge in [0.2, 0.25) is 0 Å². The molecule has 0 amide bonds. The van der Waals surface area contributed by atoms with Crippen molar-refractivity contribution in [1.82, 2.24) is 4.57 Å². The maximum atomic E-state index is 11.7. The van der Waals surface area contributed by atoms with Crippen molar-refractivity contribution in [1.29, 1.82) is 0 Å². The summed E-state index contributed by atoms with van der Waals surface area (Å²) in [5.74, 6) is 0.940. The normalized spacial score (nSPS) is 11.7. The summed E-state index contributed by atoms with van der Waals surface area (Å²) in [4.78, 5) is 18.1. The molecule has 0 unspecified atom stereocenters. The Morgan fingerprint density at radius 1 is 1.27 bits per heavy atom. The molecule has 0 radical (unpaired) electrons. The summed E-state index contributed by atoms with van der Waals surface area (Å²) in [6.07, 6.45) is 1.01. The number of carbonyl (C=O) groups excluding carboxylic acids is 1. The van der Waals surface area contributed by atoms with Crippen molar-refractivity contribution in [3.8, 4) is 5.75 Å². The standard InChI is InChI=1S/C17H22N2O2S/c1-5-11-19-12(3)16(13(4)20)22-17(19)18-14-7-9-15(10-8-14)21-6-2/h7-10H,5-6,11H2,1-4H3/b18-17+. The molecule has 22 heavy (non-hydrogen) atoms. The Labute approximate surface area is 135 Å². The first-order valence-electron chi connectivity index (χ1n) is 7.55. The predicted molar refractivity (Wildman–Crippen MR) is 90.2 cm³/mol. The number of aromatic nitrogens is 1. The molecule has 0 fully saturated rings. The fourth-order valence-electron chi connectivity index (χ4n) is 2.28. The molecular formula is C17H22N2O2S. The van der Waals surface area contributed by atoms with Gasteiger partial charge >= 0.3 is 0 Å². The highest BCUT2D eigenvalue weighted by Gasteiger charge is 2.12. The molecule has 0 aliphatic heterocycles. The van der Waals surface area contributed by atoms with E-state index < -0.39 is 0 Å². The summed E-state index contributed by atoms with van der Waals surface area (Å²) < 4.78 is 7.56. The topological polar surface area (TPSA) is 43.6 Å². The van der Waals surface area contributed by atoms with E-state index in [9.17, 15) is 4.79 Å². The Morgan fingerprint density at radius 3 is 2.50 bits per heavy atom. The minimum absolute atomic E-state index is 0.0977. The van der Waals surface area contributed by atoms with Crippen molar-refractivity contribution < 1.29 is 9.53 Å². The summed E-state index contributed by atoms with van der Waals surface area (Å²) in [5.41, 5.74) is 1.87. The van der Waals surface area contributed by atoms with Gasteiger partial charge < -0.3 is 9.30 Å². The molecule has 0 saturated carbocycles. The van der Waals surface area contributed by atoms with Gasteiger partial charge in [0.1, 0.15) is 5.75 Å². The number of hydrogen-bond acceptors (Lipinski definition) is 4. The van der Waals surface area contributed by atoms with Gasteiger partial charge in [-0.3, -0.25) is 4.79 Å². The van der Waals surface area contributed by atoms with Crippen LogP contribution in [0.1, 0.15) is 42.6 Å². The Balaban J connectivity index is 2.45. The second-order valence-electron chi connectivity index (χ2n) is 5.05. The number of nitrogens with zero attached hydrogens (tertiary/aromatic N) is 2. The highest BCUT2D eigenvalue weighted by atomic mass is 32.1. The van der Waals surface area contributed by atoms with E-state index in [4.69, 9.17) is 9.73 Å². The highest BCUT2D eigenvalue weighted by molar-refractivity contribution is 7.11. The lowest BCUT2D eigenvalue weighted by Crippen LogP contribution is -2.15. The van der Waals surface area contributed by atoms with Gasteiger partial charge in [0.05, 0.1) is 17.2 Å². The van der Waals surface area contributed by atoms with E-state index >= 15 is 0 Å². The van der Waals surface area contributed by atoms with Crippen molar-refractivity contribution in [3.63, 3.8) is 0 Å². The summed E-state index contributed by atoms with van der Waals surface area (Å²) in [7, 11) is 0. The van der Waals surface area contributed by atoms with Crippen molar-refractivity contribution >= 4 is 22.8 Å². The van der Waals surface area contributed by atoms with Gasteiger partial charge in [0.25, 0.3) is 0 Å². The Hall–Kier alpha value is -1.88. The van der Waals surface area contributed by atoms with Crippen LogP contribution in [0.2, 0.25) is 0 Å². The van der Waals surface area contributed by atoms with Crippen LogP contribution >= 0.6 is 11.3 Å². The Kier molecular flexibility index (Phi) is 5.55. The molecule has 2 rings (SSSR count). The monoisotopic (exact) mass is 318 g/mol. The number of Topliss-reactive ketones (excluding diaryl/α,β-unsaturated/α-hetero) is 1. The van der Waals surface area contributed by atoms with E-state index in [1.165, 1.54) is 11.3 Å². The molecule has 4 nitrogen and oxygen atoms in total. The minimum atomic E-state index is 0.0977. The lowest BCUT2D eigenvalue weighted by atomic mass is 10.3. The molecule has 0 N–H and O–H groups in total. The number of ketones is 1. The number of carbonyl (C=O) groups is 1. The molecular weight excluding hydrogens is 296 g/mol. The van der Waals surface area contributed by atoms with Crippen LogP contribution in [0.3, 0.4) is 0 Å². The van der Waals surface area contributed by atoms with Gasteiger partial charge in [0.15, 0.2) is 10.6 Å². The van der Waals surface area contributed by atoms with Gasteiger partial charge in [0, 0.05) is 19.2 Å². The van der Waals surface area contributed by atoms with Crippen LogP contribution in [-0.2, 0) is 6.54 Å². The quantitative estimate of drug-likeness (QED) is 0.753. The first-order chi connectivity index (χ1) is 10.6. The van der Waals surface area contributed by atoms with E-state index in [0.717, 1.165) is 39.8 Å². The smallest absolute Gasteiger partial charge is 0.190 e. The van der Waals surface area contributed by atoms with Crippen LogP contribution < -0.4 is 9.54 Å². The second kappa shape index (κ2) is 7.40. The molecule has 0 aliphatic rings. The van der Waals surface area contributed by atoms with Crippen LogP contribution in [0, 0.1) is 6.92 Å². The molecule has 1 aromatic heterocycles. The molecule has 0 bridgehead atoms. The zero-order valence-corrected chi connectivity index (χ0v) is 14.4. The first kappa shape index (κ1) is 16.5. The fourth-order valence-corrected chi connectivity index (χ4v) is 3.35. The zero-order chi connectivity index (χ0) is 16.1. The second-order valence-corrected chi connectivity index (χ2v) is 6.02. The summed E-state index contributed by atoms with van der Waals surface area (Å²) in [6, 6.07) is 7.70.